The van der Waals surface area contributed by atoms with Crippen LogP contribution >= 0.6 is 0 Å². The zero-order valence-electron chi connectivity index (χ0n) is 6.69. The maximum atomic E-state index is 11.1. The number of hydrogen-bond acceptors (Lipinski definition) is 2. The van der Waals surface area contributed by atoms with Crippen LogP contribution in [0, 0.1) is 0 Å². The molecule has 0 saturated carbocycles. The Morgan fingerprint density at radius 3 is 3.00 bits per heavy atom. The van der Waals surface area contributed by atoms with Crippen LogP contribution in [-0.4, -0.2) is 34.5 Å². The Morgan fingerprint density at radius 2 is 2.50 bits per heavy atom. The highest BCUT2D eigenvalue weighted by Crippen LogP contribution is 2.18. The van der Waals surface area contributed by atoms with Gasteiger partial charge in [-0.25, -0.2) is 0 Å². The van der Waals surface area contributed by atoms with Crippen LogP contribution in [0.2, 0.25) is 0 Å². The number of carboxylic acids is 1. The standard InChI is InChI=1S/C8H11NO3/c1-2-6-3-4-7(10)9(6)5-8(11)12/h2,6H,1,3-5H2,(H,11,12). The van der Waals surface area contributed by atoms with Crippen molar-refractivity contribution in [3.05, 3.63) is 12.7 Å². The largest absolute Gasteiger partial charge is 0.480 e. The van der Waals surface area contributed by atoms with E-state index in [1.807, 2.05) is 0 Å². The van der Waals surface area contributed by atoms with Crippen molar-refractivity contribution in [2.75, 3.05) is 6.54 Å². The molecule has 1 aliphatic heterocycles. The van der Waals surface area contributed by atoms with Gasteiger partial charge in [-0.3, -0.25) is 9.59 Å². The number of carbonyl (C=O) groups excluding carboxylic acids is 1. The highest BCUT2D eigenvalue weighted by molar-refractivity contribution is 5.83. The van der Waals surface area contributed by atoms with E-state index in [1.165, 1.54) is 4.90 Å². The number of nitrogens with zero attached hydrogens (tertiary/aromatic N) is 1. The van der Waals surface area contributed by atoms with Gasteiger partial charge in [-0.05, 0) is 6.42 Å². The van der Waals surface area contributed by atoms with Crippen LogP contribution in [0.25, 0.3) is 0 Å². The molecular weight excluding hydrogens is 158 g/mol. The van der Waals surface area contributed by atoms with Gasteiger partial charge in [0.2, 0.25) is 5.91 Å². The molecule has 66 valence electrons. The fourth-order valence-electron chi connectivity index (χ4n) is 1.35. The lowest BCUT2D eigenvalue weighted by Gasteiger charge is -2.19. The average molecular weight is 169 g/mol. The Balaban J connectivity index is 2.63. The molecule has 0 aromatic rings. The van der Waals surface area contributed by atoms with Crippen molar-refractivity contribution in [1.29, 1.82) is 0 Å². The van der Waals surface area contributed by atoms with Gasteiger partial charge in [0.15, 0.2) is 0 Å². The molecule has 0 aromatic carbocycles. The van der Waals surface area contributed by atoms with E-state index < -0.39 is 5.97 Å². The number of hydrogen-bond donors (Lipinski definition) is 1. The van der Waals surface area contributed by atoms with Gasteiger partial charge in [0.1, 0.15) is 6.54 Å². The summed E-state index contributed by atoms with van der Waals surface area (Å²) in [5, 5.41) is 8.48. The summed E-state index contributed by atoms with van der Waals surface area (Å²) in [6.07, 6.45) is 2.74. The Labute approximate surface area is 70.5 Å². The van der Waals surface area contributed by atoms with Crippen molar-refractivity contribution >= 4 is 11.9 Å². The van der Waals surface area contributed by atoms with Crippen molar-refractivity contribution in [2.45, 2.75) is 18.9 Å². The highest BCUT2D eigenvalue weighted by Gasteiger charge is 2.29. The first-order chi connectivity index (χ1) is 5.65. The van der Waals surface area contributed by atoms with Crippen LogP contribution in [-0.2, 0) is 9.59 Å². The van der Waals surface area contributed by atoms with E-state index in [9.17, 15) is 9.59 Å². The van der Waals surface area contributed by atoms with Crippen molar-refractivity contribution < 1.29 is 14.7 Å². The van der Waals surface area contributed by atoms with Gasteiger partial charge in [0.25, 0.3) is 0 Å². The zero-order chi connectivity index (χ0) is 9.14. The molecule has 1 fully saturated rings. The molecule has 12 heavy (non-hydrogen) atoms. The molecule has 1 aliphatic rings. The Kier molecular flexibility index (Phi) is 2.47. The van der Waals surface area contributed by atoms with Gasteiger partial charge in [0, 0.05) is 6.42 Å². The Bertz CT molecular complexity index is 224. The van der Waals surface area contributed by atoms with E-state index in [4.69, 9.17) is 5.11 Å². The number of rotatable bonds is 3. The summed E-state index contributed by atoms with van der Waals surface area (Å²) in [5.41, 5.74) is 0. The summed E-state index contributed by atoms with van der Waals surface area (Å²) in [5.74, 6) is -1.07. The van der Waals surface area contributed by atoms with Crippen LogP contribution in [0.4, 0.5) is 0 Å². The molecule has 0 aromatic heterocycles. The second-order valence-corrected chi connectivity index (χ2v) is 2.76. The minimum atomic E-state index is -0.975. The zero-order valence-corrected chi connectivity index (χ0v) is 6.69. The SMILES string of the molecule is C=CC1CCC(=O)N1CC(=O)O. The molecule has 1 unspecified atom stereocenters. The first-order valence-corrected chi connectivity index (χ1v) is 3.79. The van der Waals surface area contributed by atoms with Crippen LogP contribution < -0.4 is 0 Å². The van der Waals surface area contributed by atoms with Gasteiger partial charge in [-0.15, -0.1) is 6.58 Å². The Morgan fingerprint density at radius 1 is 1.83 bits per heavy atom. The highest BCUT2D eigenvalue weighted by atomic mass is 16.4. The molecule has 4 heteroatoms. The lowest BCUT2D eigenvalue weighted by Crippen LogP contribution is -2.36. The van der Waals surface area contributed by atoms with Gasteiger partial charge in [0.05, 0.1) is 6.04 Å². The van der Waals surface area contributed by atoms with Crippen molar-refractivity contribution in [3.8, 4) is 0 Å². The minimum Gasteiger partial charge on any atom is -0.480 e. The maximum Gasteiger partial charge on any atom is 0.323 e. The van der Waals surface area contributed by atoms with Crippen molar-refractivity contribution in [1.82, 2.24) is 4.90 Å². The molecule has 1 N–H and O–H groups in total. The van der Waals surface area contributed by atoms with E-state index in [0.717, 1.165) is 0 Å². The summed E-state index contributed by atoms with van der Waals surface area (Å²) < 4.78 is 0. The van der Waals surface area contributed by atoms with Crippen LogP contribution in [0.15, 0.2) is 12.7 Å². The van der Waals surface area contributed by atoms with Gasteiger partial charge < -0.3 is 10.0 Å². The first kappa shape index (κ1) is 8.77. The molecule has 1 amide bonds. The van der Waals surface area contributed by atoms with Crippen LogP contribution in [0.3, 0.4) is 0 Å². The summed E-state index contributed by atoms with van der Waals surface area (Å²) in [7, 11) is 0. The smallest absolute Gasteiger partial charge is 0.323 e. The molecule has 0 aliphatic carbocycles. The third-order valence-electron chi connectivity index (χ3n) is 1.95. The number of amides is 1. The molecule has 1 heterocycles. The predicted octanol–water partition coefficient (Wildman–Crippen LogP) is 0.248. The topological polar surface area (TPSA) is 57.6 Å². The molecule has 0 radical (unpaired) electrons. The fourth-order valence-corrected chi connectivity index (χ4v) is 1.35. The van der Waals surface area contributed by atoms with Crippen LogP contribution in [0.5, 0.6) is 0 Å². The quantitative estimate of drug-likeness (QED) is 0.616. The van der Waals surface area contributed by atoms with Crippen LogP contribution in [0.1, 0.15) is 12.8 Å². The molecule has 1 saturated heterocycles. The summed E-state index contributed by atoms with van der Waals surface area (Å²) in [6.45, 7) is 3.34. The molecule has 1 rings (SSSR count). The van der Waals surface area contributed by atoms with E-state index in [2.05, 4.69) is 6.58 Å². The molecule has 1 atom stereocenters. The average Bonchev–Trinajstić information content (AvgIpc) is 2.32. The fraction of sp³-hybridized carbons (Fsp3) is 0.500. The lowest BCUT2D eigenvalue weighted by atomic mass is 10.2. The van der Waals surface area contributed by atoms with Gasteiger partial charge in [-0.2, -0.15) is 0 Å². The van der Waals surface area contributed by atoms with Gasteiger partial charge >= 0.3 is 5.97 Å². The second kappa shape index (κ2) is 3.38. The third-order valence-corrected chi connectivity index (χ3v) is 1.95. The molecule has 4 nitrogen and oxygen atoms in total. The normalized spacial score (nSPS) is 22.8. The number of carboxylic acid groups (broad SMARTS) is 1. The first-order valence-electron chi connectivity index (χ1n) is 3.79. The predicted molar refractivity (Wildman–Crippen MR) is 42.6 cm³/mol. The minimum absolute atomic E-state index is 0.0893. The third kappa shape index (κ3) is 1.64. The summed E-state index contributed by atoms with van der Waals surface area (Å²) in [4.78, 5) is 22.8. The number of likely N-dealkylation sites (tertiary alicyclic amines) is 1. The van der Waals surface area contributed by atoms with Crippen molar-refractivity contribution in [2.24, 2.45) is 0 Å². The van der Waals surface area contributed by atoms with E-state index in [0.29, 0.717) is 12.8 Å². The number of aliphatic carboxylic acids is 1. The van der Waals surface area contributed by atoms with Gasteiger partial charge in [-0.1, -0.05) is 6.08 Å². The summed E-state index contributed by atoms with van der Waals surface area (Å²) in [6, 6.07) is -0.0893. The number of carbonyl (C=O) groups is 2. The summed E-state index contributed by atoms with van der Waals surface area (Å²) >= 11 is 0. The van der Waals surface area contributed by atoms with E-state index >= 15 is 0 Å². The molecule has 0 bridgehead atoms. The molecular formula is C8H11NO3. The Hall–Kier alpha value is -1.32. The second-order valence-electron chi connectivity index (χ2n) is 2.76. The maximum absolute atomic E-state index is 11.1. The van der Waals surface area contributed by atoms with E-state index in [1.54, 1.807) is 6.08 Å². The lowest BCUT2D eigenvalue weighted by molar-refractivity contribution is -0.143. The van der Waals surface area contributed by atoms with Crippen molar-refractivity contribution in [3.63, 3.8) is 0 Å². The monoisotopic (exact) mass is 169 g/mol. The van der Waals surface area contributed by atoms with E-state index in [-0.39, 0.29) is 18.5 Å². The molecule has 0 spiro atoms.